The number of hydrogen-bond acceptors (Lipinski definition) is 3. The molecule has 0 N–H and O–H groups in total. The van der Waals surface area contributed by atoms with Crippen LogP contribution in [0.25, 0.3) is 0 Å². The number of rotatable bonds is 3. The fraction of sp³-hybridized carbons (Fsp3) is 0.182. The second-order valence-corrected chi connectivity index (χ2v) is 4.16. The lowest BCUT2D eigenvalue weighted by Gasteiger charge is -2.09. The zero-order valence-corrected chi connectivity index (χ0v) is 10.1. The maximum absolute atomic E-state index is 12.8. The minimum absolute atomic E-state index is 0.0320. The Morgan fingerprint density at radius 2 is 2.11 bits per heavy atom. The lowest BCUT2D eigenvalue weighted by molar-refractivity contribution is -0.144. The van der Waals surface area contributed by atoms with Crippen molar-refractivity contribution in [1.82, 2.24) is 15.0 Å². The van der Waals surface area contributed by atoms with Crippen LogP contribution in [0.1, 0.15) is 21.7 Å². The molecule has 19 heavy (non-hydrogen) atoms. The van der Waals surface area contributed by atoms with Crippen molar-refractivity contribution in [1.29, 1.82) is 0 Å². The zero-order valence-electron chi connectivity index (χ0n) is 9.36. The number of aldehydes is 1. The van der Waals surface area contributed by atoms with Crippen LogP contribution < -0.4 is 0 Å². The molecule has 0 aliphatic heterocycles. The molecule has 2 aromatic rings. The summed E-state index contributed by atoms with van der Waals surface area (Å²) in [6.07, 6.45) is -4.66. The van der Waals surface area contributed by atoms with Crippen LogP contribution in [-0.4, -0.2) is 21.3 Å². The zero-order chi connectivity index (χ0) is 14.0. The second-order valence-electron chi connectivity index (χ2n) is 3.73. The summed E-state index contributed by atoms with van der Waals surface area (Å²) in [6, 6.07) is 6.34. The Hall–Kier alpha value is -1.89. The minimum Gasteiger partial charge on any atom is -0.296 e. The summed E-state index contributed by atoms with van der Waals surface area (Å²) in [6.45, 7) is -0.170. The summed E-state index contributed by atoms with van der Waals surface area (Å²) < 4.78 is 39.1. The van der Waals surface area contributed by atoms with Crippen LogP contribution in [-0.2, 0) is 12.7 Å². The molecule has 1 aromatic heterocycles. The Morgan fingerprint density at radius 3 is 2.68 bits per heavy atom. The van der Waals surface area contributed by atoms with Gasteiger partial charge in [0.2, 0.25) is 0 Å². The van der Waals surface area contributed by atoms with Crippen LogP contribution >= 0.6 is 11.6 Å². The summed E-state index contributed by atoms with van der Waals surface area (Å²) in [5.74, 6) is 0. The van der Waals surface area contributed by atoms with Crippen molar-refractivity contribution in [2.24, 2.45) is 0 Å². The van der Waals surface area contributed by atoms with Gasteiger partial charge in [-0.25, -0.2) is 4.68 Å². The minimum atomic E-state index is -4.70. The molecule has 0 saturated heterocycles. The lowest BCUT2D eigenvalue weighted by Crippen LogP contribution is -2.17. The van der Waals surface area contributed by atoms with Gasteiger partial charge in [-0.3, -0.25) is 4.79 Å². The largest absolute Gasteiger partial charge is 0.435 e. The summed E-state index contributed by atoms with van der Waals surface area (Å²) in [5.41, 5.74) is -1.36. The molecule has 0 atom stereocenters. The fourth-order valence-corrected chi connectivity index (χ4v) is 1.83. The normalized spacial score (nSPS) is 11.6. The van der Waals surface area contributed by atoms with Gasteiger partial charge in [-0.05, 0) is 17.7 Å². The highest BCUT2D eigenvalue weighted by molar-refractivity contribution is 6.30. The first kappa shape index (κ1) is 13.5. The number of nitrogens with zero attached hydrogens (tertiary/aromatic N) is 3. The van der Waals surface area contributed by atoms with Crippen molar-refractivity contribution in [2.75, 3.05) is 0 Å². The van der Waals surface area contributed by atoms with Crippen molar-refractivity contribution in [3.8, 4) is 0 Å². The van der Waals surface area contributed by atoms with Crippen LogP contribution in [0.5, 0.6) is 0 Å². The van der Waals surface area contributed by atoms with E-state index >= 15 is 0 Å². The van der Waals surface area contributed by atoms with Gasteiger partial charge >= 0.3 is 6.18 Å². The fourth-order valence-electron chi connectivity index (χ4n) is 1.62. The first-order valence-corrected chi connectivity index (χ1v) is 5.50. The smallest absolute Gasteiger partial charge is 0.296 e. The molecule has 0 radical (unpaired) electrons. The molecule has 1 aromatic carbocycles. The molecule has 2 rings (SSSR count). The van der Waals surface area contributed by atoms with Gasteiger partial charge in [0, 0.05) is 5.02 Å². The summed E-state index contributed by atoms with van der Waals surface area (Å²) >= 11 is 5.75. The Bertz CT molecular complexity index is 609. The van der Waals surface area contributed by atoms with Crippen molar-refractivity contribution in [3.05, 3.63) is 46.2 Å². The van der Waals surface area contributed by atoms with Gasteiger partial charge in [0.25, 0.3) is 0 Å². The molecular formula is C11H7ClF3N3O. The Morgan fingerprint density at radius 1 is 1.37 bits per heavy atom. The van der Waals surface area contributed by atoms with E-state index in [1.807, 2.05) is 0 Å². The van der Waals surface area contributed by atoms with Crippen molar-refractivity contribution in [2.45, 2.75) is 12.7 Å². The molecule has 0 saturated carbocycles. The lowest BCUT2D eigenvalue weighted by atomic mass is 10.2. The number of carbonyl (C=O) groups is 1. The van der Waals surface area contributed by atoms with Gasteiger partial charge in [-0.15, -0.1) is 5.10 Å². The van der Waals surface area contributed by atoms with Gasteiger partial charge in [-0.2, -0.15) is 13.2 Å². The number of alkyl halides is 3. The van der Waals surface area contributed by atoms with Crippen molar-refractivity contribution in [3.63, 3.8) is 0 Å². The van der Waals surface area contributed by atoms with E-state index in [0.717, 1.165) is 0 Å². The average Bonchev–Trinajstić information content (AvgIpc) is 2.71. The standard InChI is InChI=1S/C11H7ClF3N3O/c12-8-3-1-2-7(4-8)5-18-10(11(13,14)15)9(6-19)16-17-18/h1-4,6H,5H2. The third kappa shape index (κ3) is 2.93. The van der Waals surface area contributed by atoms with E-state index in [4.69, 9.17) is 11.6 Å². The Kier molecular flexibility index (Phi) is 3.57. The van der Waals surface area contributed by atoms with Crippen LogP contribution in [0, 0.1) is 0 Å². The average molecular weight is 290 g/mol. The number of halogens is 4. The van der Waals surface area contributed by atoms with Gasteiger partial charge < -0.3 is 0 Å². The second kappa shape index (κ2) is 5.00. The van der Waals surface area contributed by atoms with Gasteiger partial charge in [0.15, 0.2) is 17.7 Å². The van der Waals surface area contributed by atoms with Crippen LogP contribution in [0.4, 0.5) is 13.2 Å². The van der Waals surface area contributed by atoms with E-state index in [2.05, 4.69) is 10.3 Å². The molecule has 8 heteroatoms. The molecule has 0 aliphatic carbocycles. The van der Waals surface area contributed by atoms with E-state index in [1.54, 1.807) is 18.2 Å². The predicted molar refractivity (Wildman–Crippen MR) is 61.0 cm³/mol. The molecule has 100 valence electrons. The van der Waals surface area contributed by atoms with E-state index < -0.39 is 17.6 Å². The number of carbonyl (C=O) groups excluding carboxylic acids is 1. The quantitative estimate of drug-likeness (QED) is 0.816. The van der Waals surface area contributed by atoms with Crippen molar-refractivity contribution < 1.29 is 18.0 Å². The van der Waals surface area contributed by atoms with Crippen LogP contribution in [0.2, 0.25) is 5.02 Å². The highest BCUT2D eigenvalue weighted by atomic mass is 35.5. The highest BCUT2D eigenvalue weighted by Crippen LogP contribution is 2.30. The monoisotopic (exact) mass is 289 g/mol. The molecular weight excluding hydrogens is 283 g/mol. The molecule has 0 unspecified atom stereocenters. The SMILES string of the molecule is O=Cc1nnn(Cc2cccc(Cl)c2)c1C(F)(F)F. The first-order valence-electron chi connectivity index (χ1n) is 5.12. The molecule has 0 fully saturated rings. The van der Waals surface area contributed by atoms with Crippen molar-refractivity contribution >= 4 is 17.9 Å². The molecule has 0 aliphatic rings. The van der Waals surface area contributed by atoms with Gasteiger partial charge in [-0.1, -0.05) is 28.9 Å². The van der Waals surface area contributed by atoms with Crippen LogP contribution in [0.15, 0.2) is 24.3 Å². The molecule has 0 bridgehead atoms. The maximum atomic E-state index is 12.8. The van der Waals surface area contributed by atoms with Gasteiger partial charge in [0.05, 0.1) is 6.54 Å². The summed E-state index contributed by atoms with van der Waals surface area (Å²) in [4.78, 5) is 10.6. The predicted octanol–water partition coefficient (Wildman–Crippen LogP) is 2.81. The van der Waals surface area contributed by atoms with Crippen LogP contribution in [0.3, 0.4) is 0 Å². The molecule has 1 heterocycles. The highest BCUT2D eigenvalue weighted by Gasteiger charge is 2.39. The summed E-state index contributed by atoms with van der Waals surface area (Å²) in [7, 11) is 0. The van der Waals surface area contributed by atoms with E-state index in [-0.39, 0.29) is 12.8 Å². The summed E-state index contributed by atoms with van der Waals surface area (Å²) in [5, 5.41) is 6.97. The third-order valence-electron chi connectivity index (χ3n) is 2.36. The van der Waals surface area contributed by atoms with E-state index in [1.165, 1.54) is 6.07 Å². The number of aromatic nitrogens is 3. The Balaban J connectivity index is 2.41. The number of hydrogen-bond donors (Lipinski definition) is 0. The molecule has 0 spiro atoms. The van der Waals surface area contributed by atoms with E-state index in [9.17, 15) is 18.0 Å². The van der Waals surface area contributed by atoms with E-state index in [0.29, 0.717) is 15.3 Å². The Labute approximate surface area is 110 Å². The third-order valence-corrected chi connectivity index (χ3v) is 2.60. The maximum Gasteiger partial charge on any atom is 0.435 e. The first-order chi connectivity index (χ1) is 8.91. The number of benzene rings is 1. The molecule has 0 amide bonds. The topological polar surface area (TPSA) is 47.8 Å². The molecule has 4 nitrogen and oxygen atoms in total. The van der Waals surface area contributed by atoms with Gasteiger partial charge in [0.1, 0.15) is 0 Å².